The maximum absolute atomic E-state index is 13.8. The van der Waals surface area contributed by atoms with Gasteiger partial charge in [0, 0.05) is 10.5 Å². The molecular weight excluding hydrogens is 409 g/mol. The van der Waals surface area contributed by atoms with Crippen molar-refractivity contribution in [1.82, 2.24) is 4.90 Å². The summed E-state index contributed by atoms with van der Waals surface area (Å²) in [5, 5.41) is 0. The van der Waals surface area contributed by atoms with Gasteiger partial charge >= 0.3 is 6.09 Å². The number of rotatable bonds is 3. The van der Waals surface area contributed by atoms with E-state index in [-0.39, 0.29) is 30.6 Å². The van der Waals surface area contributed by atoms with Gasteiger partial charge in [0.15, 0.2) is 0 Å². The number of halogens is 2. The summed E-state index contributed by atoms with van der Waals surface area (Å²) < 4.78 is 20.1. The van der Waals surface area contributed by atoms with Gasteiger partial charge in [0.2, 0.25) is 0 Å². The molecule has 2 aromatic carbocycles. The highest BCUT2D eigenvalue weighted by Gasteiger charge is 2.38. The summed E-state index contributed by atoms with van der Waals surface area (Å²) in [5.74, 6) is -0.255. The van der Waals surface area contributed by atoms with E-state index in [1.807, 2.05) is 41.3 Å². The van der Waals surface area contributed by atoms with E-state index in [2.05, 4.69) is 22.0 Å². The first-order valence-electron chi connectivity index (χ1n) is 9.26. The van der Waals surface area contributed by atoms with E-state index in [1.165, 1.54) is 6.07 Å². The van der Waals surface area contributed by atoms with Gasteiger partial charge in [-0.1, -0.05) is 52.3 Å². The SMILES string of the molecule is O=C(OCc1ccccc1)N1C2C=C(c3cc(F)cc(Br)c3)CC1CCC2. The summed E-state index contributed by atoms with van der Waals surface area (Å²) in [6.45, 7) is 0.281. The van der Waals surface area contributed by atoms with E-state index in [0.717, 1.165) is 46.9 Å². The van der Waals surface area contributed by atoms with E-state index in [9.17, 15) is 9.18 Å². The van der Waals surface area contributed by atoms with Crippen LogP contribution in [0.4, 0.5) is 9.18 Å². The molecule has 140 valence electrons. The van der Waals surface area contributed by atoms with E-state index in [0.29, 0.717) is 0 Å². The summed E-state index contributed by atoms with van der Waals surface area (Å²) >= 11 is 3.37. The topological polar surface area (TPSA) is 29.5 Å². The van der Waals surface area contributed by atoms with Crippen molar-refractivity contribution < 1.29 is 13.9 Å². The van der Waals surface area contributed by atoms with Crippen molar-refractivity contribution in [3.63, 3.8) is 0 Å². The van der Waals surface area contributed by atoms with Gasteiger partial charge in [-0.3, -0.25) is 4.90 Å². The van der Waals surface area contributed by atoms with Crippen LogP contribution in [0.3, 0.4) is 0 Å². The molecule has 2 unspecified atom stereocenters. The van der Waals surface area contributed by atoms with Crippen molar-refractivity contribution in [2.75, 3.05) is 0 Å². The van der Waals surface area contributed by atoms with Gasteiger partial charge in [-0.15, -0.1) is 0 Å². The Bertz CT molecular complexity index is 848. The summed E-state index contributed by atoms with van der Waals surface area (Å²) in [6.07, 6.45) is 5.54. The van der Waals surface area contributed by atoms with Crippen LogP contribution in [-0.4, -0.2) is 23.1 Å². The number of carbonyl (C=O) groups excluding carboxylic acids is 1. The maximum atomic E-state index is 13.8. The molecule has 0 N–H and O–H groups in total. The fourth-order valence-corrected chi connectivity index (χ4v) is 4.53. The van der Waals surface area contributed by atoms with Gasteiger partial charge in [0.05, 0.1) is 6.04 Å². The van der Waals surface area contributed by atoms with Crippen molar-refractivity contribution in [3.8, 4) is 0 Å². The van der Waals surface area contributed by atoms with Crippen LogP contribution < -0.4 is 0 Å². The lowest BCUT2D eigenvalue weighted by molar-refractivity contribution is 0.0510. The predicted octanol–water partition coefficient (Wildman–Crippen LogP) is 5.94. The monoisotopic (exact) mass is 429 g/mol. The fraction of sp³-hybridized carbons (Fsp3) is 0.318. The van der Waals surface area contributed by atoms with Crippen LogP contribution in [0.1, 0.15) is 36.8 Å². The zero-order valence-electron chi connectivity index (χ0n) is 14.9. The molecule has 2 heterocycles. The highest BCUT2D eigenvalue weighted by atomic mass is 79.9. The Morgan fingerprint density at radius 1 is 1.19 bits per heavy atom. The zero-order valence-corrected chi connectivity index (χ0v) is 16.5. The number of fused-ring (bicyclic) bond motifs is 2. The van der Waals surface area contributed by atoms with Gasteiger partial charge in [-0.25, -0.2) is 9.18 Å². The van der Waals surface area contributed by atoms with Gasteiger partial charge in [-0.05, 0) is 60.6 Å². The van der Waals surface area contributed by atoms with Gasteiger partial charge < -0.3 is 4.74 Å². The third kappa shape index (κ3) is 4.08. The Balaban J connectivity index is 1.52. The summed E-state index contributed by atoms with van der Waals surface area (Å²) in [4.78, 5) is 14.6. The molecular formula is C22H21BrFNO2. The first kappa shape index (κ1) is 18.2. The number of nitrogens with zero attached hydrogens (tertiary/aromatic N) is 1. The lowest BCUT2D eigenvalue weighted by Gasteiger charge is -2.44. The molecule has 2 bridgehead atoms. The Labute approximate surface area is 167 Å². The molecule has 2 aliphatic rings. The molecule has 1 amide bonds. The van der Waals surface area contributed by atoms with Crippen LogP contribution in [0.2, 0.25) is 0 Å². The Kier molecular flexibility index (Phi) is 5.30. The third-order valence-corrected chi connectivity index (χ3v) is 5.74. The summed E-state index contributed by atoms with van der Waals surface area (Å²) in [7, 11) is 0. The normalized spacial score (nSPS) is 21.6. The fourth-order valence-electron chi connectivity index (χ4n) is 4.06. The first-order chi connectivity index (χ1) is 13.1. The average molecular weight is 430 g/mol. The van der Waals surface area contributed by atoms with Crippen molar-refractivity contribution in [1.29, 1.82) is 0 Å². The Hall–Kier alpha value is -2.14. The number of amides is 1. The molecule has 1 saturated heterocycles. The van der Waals surface area contributed by atoms with E-state index in [1.54, 1.807) is 6.07 Å². The van der Waals surface area contributed by atoms with Crippen LogP contribution in [0.15, 0.2) is 59.1 Å². The van der Waals surface area contributed by atoms with Crippen LogP contribution in [0.5, 0.6) is 0 Å². The molecule has 5 heteroatoms. The molecule has 4 rings (SSSR count). The third-order valence-electron chi connectivity index (χ3n) is 5.29. The molecule has 27 heavy (non-hydrogen) atoms. The predicted molar refractivity (Wildman–Crippen MR) is 107 cm³/mol. The van der Waals surface area contributed by atoms with E-state index in [4.69, 9.17) is 4.74 Å². The largest absolute Gasteiger partial charge is 0.445 e. The van der Waals surface area contributed by atoms with Crippen LogP contribution >= 0.6 is 15.9 Å². The first-order valence-corrected chi connectivity index (χ1v) is 10.1. The van der Waals surface area contributed by atoms with Crippen LogP contribution in [0, 0.1) is 5.82 Å². The maximum Gasteiger partial charge on any atom is 0.410 e. The Morgan fingerprint density at radius 2 is 2.00 bits per heavy atom. The molecule has 2 atom stereocenters. The molecule has 0 saturated carbocycles. The molecule has 1 fully saturated rings. The van der Waals surface area contributed by atoms with Crippen LogP contribution in [0.25, 0.3) is 5.57 Å². The molecule has 2 aromatic rings. The van der Waals surface area contributed by atoms with Gasteiger partial charge in [0.1, 0.15) is 12.4 Å². The second-order valence-corrected chi connectivity index (χ2v) is 8.07. The number of hydrogen-bond acceptors (Lipinski definition) is 2. The minimum Gasteiger partial charge on any atom is -0.445 e. The average Bonchev–Trinajstić information content (AvgIpc) is 2.65. The molecule has 0 radical (unpaired) electrons. The van der Waals surface area contributed by atoms with Crippen LogP contribution in [-0.2, 0) is 11.3 Å². The highest BCUT2D eigenvalue weighted by molar-refractivity contribution is 9.10. The molecule has 0 spiro atoms. The Morgan fingerprint density at radius 3 is 2.74 bits per heavy atom. The van der Waals surface area contributed by atoms with E-state index >= 15 is 0 Å². The minimum absolute atomic E-state index is 0.0119. The lowest BCUT2D eigenvalue weighted by Crippen LogP contribution is -2.51. The molecule has 0 aliphatic carbocycles. The standard InChI is InChI=1S/C22H21BrFNO2/c23-18-9-16(10-19(24)13-18)17-11-20-7-4-8-21(12-17)25(20)22(26)27-14-15-5-2-1-3-6-15/h1-3,5-6,9-11,13,20-21H,4,7-8,12,14H2. The molecule has 3 nitrogen and oxygen atoms in total. The smallest absolute Gasteiger partial charge is 0.410 e. The number of ether oxygens (including phenoxy) is 1. The van der Waals surface area contributed by atoms with Crippen molar-refractivity contribution >= 4 is 27.6 Å². The van der Waals surface area contributed by atoms with Gasteiger partial charge in [0.25, 0.3) is 0 Å². The molecule has 0 aromatic heterocycles. The second kappa shape index (κ2) is 7.85. The minimum atomic E-state index is -0.260. The lowest BCUT2D eigenvalue weighted by atomic mass is 9.83. The summed E-state index contributed by atoms with van der Waals surface area (Å²) in [5.41, 5.74) is 2.97. The number of hydrogen-bond donors (Lipinski definition) is 0. The second-order valence-electron chi connectivity index (χ2n) is 7.15. The molecule has 2 aliphatic heterocycles. The van der Waals surface area contributed by atoms with Gasteiger partial charge in [-0.2, -0.15) is 0 Å². The zero-order chi connectivity index (χ0) is 18.8. The number of carbonyl (C=O) groups is 1. The number of piperidine rings is 1. The van der Waals surface area contributed by atoms with Crippen molar-refractivity contribution in [2.45, 2.75) is 44.4 Å². The van der Waals surface area contributed by atoms with Crippen molar-refractivity contribution in [3.05, 3.63) is 76.0 Å². The quantitative estimate of drug-likeness (QED) is 0.604. The highest BCUT2D eigenvalue weighted by Crippen LogP contribution is 2.38. The van der Waals surface area contributed by atoms with Crippen molar-refractivity contribution in [2.24, 2.45) is 0 Å². The van der Waals surface area contributed by atoms with E-state index < -0.39 is 0 Å². The summed E-state index contributed by atoms with van der Waals surface area (Å²) in [6, 6.07) is 14.8. The number of benzene rings is 2.